The molecule has 42 nitrogen and oxygen atoms in total. The van der Waals surface area contributed by atoms with Crippen LogP contribution in [0.25, 0.3) is 33.1 Å². The van der Waals surface area contributed by atoms with Gasteiger partial charge < -0.3 is 119 Å². The number of esters is 4. The maximum absolute atomic E-state index is 14.6. The molecule has 2 aliphatic carbocycles. The van der Waals surface area contributed by atoms with Gasteiger partial charge in [0.15, 0.2) is 112 Å². The van der Waals surface area contributed by atoms with Gasteiger partial charge in [0, 0.05) is 143 Å². The van der Waals surface area contributed by atoms with E-state index in [9.17, 15) is 48.3 Å². The number of hydrogen-bond acceptors (Lipinski definition) is 42. The van der Waals surface area contributed by atoms with E-state index in [0.29, 0.717) is 42.3 Å². The van der Waals surface area contributed by atoms with E-state index in [1.165, 1.54) is 81.1 Å². The second-order valence-corrected chi connectivity index (χ2v) is 37.5. The fourth-order valence-corrected chi connectivity index (χ4v) is 13.6. The number of aromatic carboxylic acids is 1. The van der Waals surface area contributed by atoms with E-state index in [0.717, 1.165) is 38.6 Å². The number of benzene rings is 4. The van der Waals surface area contributed by atoms with Crippen LogP contribution >= 0.6 is 0 Å². The summed E-state index contributed by atoms with van der Waals surface area (Å²) in [5, 5.41) is 20.7. The van der Waals surface area contributed by atoms with Crippen molar-refractivity contribution in [2.24, 2.45) is 16.2 Å². The van der Waals surface area contributed by atoms with Crippen LogP contribution in [-0.4, -0.2) is 280 Å². The van der Waals surface area contributed by atoms with Gasteiger partial charge in [-0.25, -0.2) is 4.79 Å². The SMILES string of the molecule is CC(C)(C)CN(CCO)CC(=O)OC(C)(C)C.CCCN(CC(=O)OC(C)(C)C)CC(C)(C)C.COCOc1cc2c(cc1OCOC)C(=O)C(c1coc3cc(OCOC)c(OCOC)c(C(=O)OCCN(CC(=O)OC(C)(C)C)CC(C)(C)C)c3c1=O)=CC2.COCOc1cc2c(cc1OCOC)C(=O)C(c1coc3cc(OCOC)c(OCOC)c(C(=O)[O-])c3c1=O)=CC2.O=C=O.O=C=O.O=C=O.[V]. The normalized spacial score (nSPS) is 12.1. The molecule has 0 atom stereocenters. The number of ketones is 2. The number of allylic oxidation sites excluding steroid dienone is 4. The van der Waals surface area contributed by atoms with Gasteiger partial charge in [-0.1, -0.05) is 81.4 Å². The number of aliphatic hydroxyl groups excluding tert-OH is 1. The van der Waals surface area contributed by atoms with Crippen molar-refractivity contribution < 1.29 is 195 Å². The number of carbonyl (C=O) groups is 7. The second-order valence-electron chi connectivity index (χ2n) is 37.5. The Morgan fingerprint density at radius 1 is 0.394 bits per heavy atom. The van der Waals surface area contributed by atoms with Crippen LogP contribution in [0.3, 0.4) is 0 Å². The number of Topliss-reactive ketones (excluding diaryl/α,β-unsaturated/α-hetero) is 2. The minimum absolute atomic E-state index is 0. The van der Waals surface area contributed by atoms with Crippen molar-refractivity contribution in [1.82, 2.24) is 14.7 Å². The molecule has 0 amide bonds. The summed E-state index contributed by atoms with van der Waals surface area (Å²) in [7, 11) is 11.3. The number of fused-ring (bicyclic) bond motifs is 4. The first-order chi connectivity index (χ1) is 66.2. The summed E-state index contributed by atoms with van der Waals surface area (Å²) in [5.41, 5.74) is -2.51. The summed E-state index contributed by atoms with van der Waals surface area (Å²) in [6, 6.07) is 8.97. The Morgan fingerprint density at radius 3 is 0.965 bits per heavy atom. The molecular formula is C99H136N3O39V-. The molecule has 43 heteroatoms. The van der Waals surface area contributed by atoms with Gasteiger partial charge in [0.05, 0.1) is 59.7 Å². The minimum Gasteiger partial charge on any atom is -0.545 e. The van der Waals surface area contributed by atoms with Crippen molar-refractivity contribution >= 4 is 93.0 Å². The zero-order chi connectivity index (χ0) is 107. The quantitative estimate of drug-likeness (QED) is 0.0211. The van der Waals surface area contributed by atoms with E-state index in [4.69, 9.17) is 137 Å². The Bertz CT molecular complexity index is 5280. The minimum atomic E-state index is -1.73. The van der Waals surface area contributed by atoms with Crippen molar-refractivity contribution in [3.63, 3.8) is 0 Å². The van der Waals surface area contributed by atoms with Crippen LogP contribution in [0.4, 0.5) is 0 Å². The summed E-state index contributed by atoms with van der Waals surface area (Å²) in [6.07, 6.45) is 7.70. The van der Waals surface area contributed by atoms with Crippen molar-refractivity contribution in [2.45, 2.75) is 168 Å². The average Bonchev–Trinajstić information content (AvgIpc) is 0.743. The van der Waals surface area contributed by atoms with Gasteiger partial charge in [0.2, 0.25) is 10.9 Å². The van der Waals surface area contributed by atoms with E-state index < -0.39 is 62.7 Å². The van der Waals surface area contributed by atoms with Crippen molar-refractivity contribution in [3.8, 4) is 46.0 Å². The van der Waals surface area contributed by atoms with Gasteiger partial charge in [0.25, 0.3) is 0 Å². The molecule has 2 aliphatic rings. The molecule has 0 fully saturated rings. The molecule has 4 aromatic carbocycles. The van der Waals surface area contributed by atoms with Crippen LogP contribution in [0.2, 0.25) is 0 Å². The monoisotopic (exact) mass is 2040 g/mol. The number of ether oxygens (including phenoxy) is 20. The molecule has 0 spiro atoms. The van der Waals surface area contributed by atoms with Gasteiger partial charge in [-0.2, -0.15) is 28.8 Å². The van der Waals surface area contributed by atoms with Crippen LogP contribution < -0.4 is 53.9 Å². The Hall–Kier alpha value is -11.9. The predicted molar refractivity (Wildman–Crippen MR) is 502 cm³/mol. The molecule has 6 aromatic rings. The van der Waals surface area contributed by atoms with Gasteiger partial charge in [-0.15, -0.1) is 0 Å². The number of carboxylic acid groups (broad SMARTS) is 1. The summed E-state index contributed by atoms with van der Waals surface area (Å²) in [5.74, 6) is -3.92. The summed E-state index contributed by atoms with van der Waals surface area (Å²) in [6.45, 7) is 40.3. The number of carboxylic acids is 1. The number of hydrogen-bond donors (Lipinski definition) is 1. The number of aliphatic hydroxyl groups is 1. The fourth-order valence-electron chi connectivity index (χ4n) is 13.6. The Labute approximate surface area is 837 Å². The molecule has 0 saturated heterocycles. The maximum atomic E-state index is 14.6. The number of carbonyl (C=O) groups excluding carboxylic acids is 13. The van der Waals surface area contributed by atoms with Gasteiger partial charge >= 0.3 is 42.3 Å². The molecular weight excluding hydrogens is 1910 g/mol. The van der Waals surface area contributed by atoms with Crippen molar-refractivity contribution in [3.05, 3.63) is 126 Å². The van der Waals surface area contributed by atoms with Crippen LogP contribution in [0, 0.1) is 16.2 Å². The summed E-state index contributed by atoms with van der Waals surface area (Å²) < 4.78 is 119. The Morgan fingerprint density at radius 2 is 0.676 bits per heavy atom. The van der Waals surface area contributed by atoms with E-state index >= 15 is 0 Å². The third-order valence-electron chi connectivity index (χ3n) is 18.0. The van der Waals surface area contributed by atoms with Crippen LogP contribution in [0.15, 0.2) is 79.5 Å². The molecule has 0 saturated carbocycles. The van der Waals surface area contributed by atoms with Crippen molar-refractivity contribution in [2.75, 3.05) is 183 Å². The third-order valence-corrected chi connectivity index (χ3v) is 18.0. The maximum Gasteiger partial charge on any atom is 0.373 e. The average molecular weight is 2040 g/mol. The predicted octanol–water partition coefficient (Wildman–Crippen LogP) is 10.3. The molecule has 787 valence electrons. The van der Waals surface area contributed by atoms with E-state index in [1.54, 1.807) is 45.1 Å². The summed E-state index contributed by atoms with van der Waals surface area (Å²) >= 11 is 0. The Kier molecular flexibility index (Phi) is 57.0. The number of nitrogens with zero attached hydrogens (tertiary/aromatic N) is 3. The molecule has 142 heavy (non-hydrogen) atoms. The molecule has 1 N–H and O–H groups in total. The standard InChI is InChI=1S/C41H53NO15.C28H28O13.C14H29NO2.C13H27NO3.3CO2.V/c1-40(2,3)20-42(18-33(43)57-41(4,5)6)13-14-51-39(46)35-34-31(17-32(55-23-49-9)38(35)56-24-50-10)52-19-28(37(34)45)26-12-11-25-15-29(53-21-47-7)30(54-22-48-8)16-27(25)36(26)44;1-33-11-38-19-7-15-5-6-16(25(29)17(15)8-20(19)39-12-34-2)18-10-37-21-9-22(40-13-35-3)27(41-14-36-4)24(28(31)32)23(21)26(18)30;1-8-9-15(11-13(2,3)4)10-12(16)17-14(5,6)7;1-12(2,3)10-14(7-8-15)9-11(16)17-13(4,5)6;3*2-1-3;/h12,15-17,19H,11,13-14,18,20-24H2,1-10H3;6-10H,5,11-14H2,1-4H3,(H,31,32);8-11H2,1-7H3;15H,7-10H2,1-6H3;;;;/p-1. The first-order valence-electron chi connectivity index (χ1n) is 44.0. The zero-order valence-corrected chi connectivity index (χ0v) is 87.5. The number of methoxy groups -OCH3 is 8. The van der Waals surface area contributed by atoms with Gasteiger partial charge in [0.1, 0.15) is 52.7 Å². The molecule has 8 rings (SSSR count). The number of rotatable bonds is 44. The van der Waals surface area contributed by atoms with Crippen LogP contribution in [0.5, 0.6) is 46.0 Å². The first kappa shape index (κ1) is 128. The first-order valence-corrected chi connectivity index (χ1v) is 44.0. The van der Waals surface area contributed by atoms with E-state index in [-0.39, 0.29) is 261 Å². The third kappa shape index (κ3) is 45.2. The van der Waals surface area contributed by atoms with Gasteiger partial charge in [-0.05, 0) is 140 Å². The topological polar surface area (TPSA) is 520 Å². The smallest absolute Gasteiger partial charge is 0.373 e. The van der Waals surface area contributed by atoms with Crippen LogP contribution in [-0.2, 0) is 131 Å². The summed E-state index contributed by atoms with van der Waals surface area (Å²) in [4.78, 5) is 173. The van der Waals surface area contributed by atoms with E-state index in [1.807, 2.05) is 72.1 Å². The molecule has 0 unspecified atom stereocenters. The van der Waals surface area contributed by atoms with Crippen molar-refractivity contribution in [1.29, 1.82) is 0 Å². The van der Waals surface area contributed by atoms with Crippen LogP contribution in [0.1, 0.15) is 202 Å². The molecule has 0 bridgehead atoms. The molecule has 2 aromatic heterocycles. The fraction of sp³-hybridized carbons (Fsp3) is 0.556. The molecule has 1 radical (unpaired) electrons. The molecule has 2 heterocycles. The molecule has 0 aliphatic heterocycles. The second kappa shape index (κ2) is 63.2. The van der Waals surface area contributed by atoms with Gasteiger partial charge in [-0.3, -0.25) is 48.3 Å². The zero-order valence-electron chi connectivity index (χ0n) is 86.1. The largest absolute Gasteiger partial charge is 0.545 e. The van der Waals surface area contributed by atoms with E-state index in [2.05, 4.69) is 53.4 Å². The Balaban J connectivity index is 0.00000102.